The predicted octanol–water partition coefficient (Wildman–Crippen LogP) is 2.32. The molecule has 0 bridgehead atoms. The fourth-order valence-corrected chi connectivity index (χ4v) is 2.00. The maximum Gasteiger partial charge on any atom is 0.320 e. The summed E-state index contributed by atoms with van der Waals surface area (Å²) >= 11 is 6.19. The lowest BCUT2D eigenvalue weighted by Crippen LogP contribution is -2.00. The standard InChI is InChI=1S/C12H13ClN2O4/c1-16-7-5-6(13)9-8(10(7)17-2)11(18-3)15-12(14-9)19-4/h5H,1-4H3. The van der Waals surface area contributed by atoms with Gasteiger partial charge in [-0.15, -0.1) is 0 Å². The van der Waals surface area contributed by atoms with Gasteiger partial charge in [0, 0.05) is 6.07 Å². The van der Waals surface area contributed by atoms with Crippen molar-refractivity contribution in [3.63, 3.8) is 0 Å². The Balaban J connectivity index is 2.92. The van der Waals surface area contributed by atoms with Crippen LogP contribution < -0.4 is 18.9 Å². The van der Waals surface area contributed by atoms with Crippen LogP contribution in [0.25, 0.3) is 10.9 Å². The molecule has 6 nitrogen and oxygen atoms in total. The molecule has 1 heterocycles. The van der Waals surface area contributed by atoms with Crippen molar-refractivity contribution >= 4 is 22.5 Å². The summed E-state index contributed by atoms with van der Waals surface area (Å²) in [6, 6.07) is 1.78. The molecular weight excluding hydrogens is 272 g/mol. The van der Waals surface area contributed by atoms with Crippen LogP contribution in [-0.4, -0.2) is 38.4 Å². The van der Waals surface area contributed by atoms with Crippen LogP contribution in [0, 0.1) is 0 Å². The van der Waals surface area contributed by atoms with E-state index in [1.165, 1.54) is 28.4 Å². The van der Waals surface area contributed by atoms with E-state index in [1.807, 2.05) is 0 Å². The number of ether oxygens (including phenoxy) is 4. The monoisotopic (exact) mass is 284 g/mol. The van der Waals surface area contributed by atoms with Crippen molar-refractivity contribution in [2.45, 2.75) is 0 Å². The third-order valence-corrected chi connectivity index (χ3v) is 2.88. The lowest BCUT2D eigenvalue weighted by molar-refractivity contribution is 0.347. The van der Waals surface area contributed by atoms with Crippen LogP contribution in [0.3, 0.4) is 0 Å². The van der Waals surface area contributed by atoms with Crippen molar-refractivity contribution in [1.29, 1.82) is 0 Å². The van der Waals surface area contributed by atoms with E-state index in [0.29, 0.717) is 33.3 Å². The number of hydrogen-bond acceptors (Lipinski definition) is 6. The van der Waals surface area contributed by atoms with Gasteiger partial charge in [0.15, 0.2) is 11.5 Å². The van der Waals surface area contributed by atoms with Crippen LogP contribution in [0.5, 0.6) is 23.4 Å². The van der Waals surface area contributed by atoms with Gasteiger partial charge in [-0.05, 0) is 0 Å². The second-order valence-corrected chi connectivity index (χ2v) is 3.94. The molecule has 0 N–H and O–H groups in total. The fourth-order valence-electron chi connectivity index (χ4n) is 1.76. The van der Waals surface area contributed by atoms with E-state index in [9.17, 15) is 0 Å². The van der Waals surface area contributed by atoms with Crippen molar-refractivity contribution in [2.24, 2.45) is 0 Å². The summed E-state index contributed by atoms with van der Waals surface area (Å²) < 4.78 is 20.8. The van der Waals surface area contributed by atoms with Gasteiger partial charge in [0.1, 0.15) is 10.9 Å². The molecule has 0 amide bonds. The predicted molar refractivity (Wildman–Crippen MR) is 70.8 cm³/mol. The number of benzene rings is 1. The summed E-state index contributed by atoms with van der Waals surface area (Å²) in [7, 11) is 6.01. The highest BCUT2D eigenvalue weighted by atomic mass is 35.5. The number of halogens is 1. The Morgan fingerprint density at radius 1 is 0.947 bits per heavy atom. The van der Waals surface area contributed by atoms with E-state index < -0.39 is 0 Å². The van der Waals surface area contributed by atoms with E-state index in [0.717, 1.165) is 0 Å². The van der Waals surface area contributed by atoms with Crippen LogP contribution in [0.15, 0.2) is 6.07 Å². The first-order valence-corrected chi connectivity index (χ1v) is 5.74. The van der Waals surface area contributed by atoms with Crippen molar-refractivity contribution < 1.29 is 18.9 Å². The van der Waals surface area contributed by atoms with Gasteiger partial charge in [0.25, 0.3) is 0 Å². The number of nitrogens with zero attached hydrogens (tertiary/aromatic N) is 2. The lowest BCUT2D eigenvalue weighted by atomic mass is 10.2. The van der Waals surface area contributed by atoms with Gasteiger partial charge in [-0.3, -0.25) is 0 Å². The average molecular weight is 285 g/mol. The molecule has 0 aliphatic carbocycles. The molecule has 2 rings (SSSR count). The Kier molecular flexibility index (Phi) is 3.80. The minimum atomic E-state index is 0.165. The molecule has 2 aromatic rings. The summed E-state index contributed by atoms with van der Waals surface area (Å²) in [4.78, 5) is 8.32. The highest BCUT2D eigenvalue weighted by molar-refractivity contribution is 6.35. The van der Waals surface area contributed by atoms with Gasteiger partial charge in [0.2, 0.25) is 5.88 Å². The molecule has 1 aromatic carbocycles. The van der Waals surface area contributed by atoms with Crippen molar-refractivity contribution in [3.8, 4) is 23.4 Å². The minimum absolute atomic E-state index is 0.165. The van der Waals surface area contributed by atoms with E-state index in [4.69, 9.17) is 30.5 Å². The van der Waals surface area contributed by atoms with E-state index in [-0.39, 0.29) is 6.01 Å². The molecule has 1 aromatic heterocycles. The quantitative estimate of drug-likeness (QED) is 0.858. The molecule has 0 saturated heterocycles. The molecule has 0 fully saturated rings. The third kappa shape index (κ3) is 2.19. The first-order valence-electron chi connectivity index (χ1n) is 5.36. The molecule has 0 radical (unpaired) electrons. The van der Waals surface area contributed by atoms with Crippen molar-refractivity contribution in [2.75, 3.05) is 28.4 Å². The molecule has 0 aliphatic rings. The number of methoxy groups -OCH3 is 4. The molecule has 0 atom stereocenters. The summed E-state index contributed by atoms with van der Waals surface area (Å²) in [5, 5.41) is 0.932. The van der Waals surface area contributed by atoms with E-state index >= 15 is 0 Å². The van der Waals surface area contributed by atoms with Crippen LogP contribution in [-0.2, 0) is 0 Å². The topological polar surface area (TPSA) is 62.7 Å². The molecule has 102 valence electrons. The SMILES string of the molecule is COc1nc(OC)c2c(OC)c(OC)cc(Cl)c2n1. The molecular formula is C12H13ClN2O4. The molecule has 0 unspecified atom stereocenters. The molecule has 19 heavy (non-hydrogen) atoms. The Labute approximate surface area is 115 Å². The second kappa shape index (κ2) is 5.36. The zero-order valence-electron chi connectivity index (χ0n) is 11.0. The summed E-state index contributed by atoms with van der Waals surface area (Å²) in [6.07, 6.45) is 0. The van der Waals surface area contributed by atoms with E-state index in [1.54, 1.807) is 6.07 Å². The Morgan fingerprint density at radius 2 is 1.68 bits per heavy atom. The van der Waals surface area contributed by atoms with E-state index in [2.05, 4.69) is 9.97 Å². The third-order valence-electron chi connectivity index (χ3n) is 2.59. The average Bonchev–Trinajstić information content (AvgIpc) is 2.45. The van der Waals surface area contributed by atoms with Crippen LogP contribution in [0.4, 0.5) is 0 Å². The zero-order valence-corrected chi connectivity index (χ0v) is 11.7. The molecule has 0 spiro atoms. The molecule has 0 saturated carbocycles. The first-order chi connectivity index (χ1) is 9.15. The first kappa shape index (κ1) is 13.5. The van der Waals surface area contributed by atoms with Gasteiger partial charge in [-0.2, -0.15) is 9.97 Å². The summed E-state index contributed by atoms with van der Waals surface area (Å²) in [5.74, 6) is 1.24. The molecule has 0 aliphatic heterocycles. The van der Waals surface area contributed by atoms with Crippen LogP contribution in [0.2, 0.25) is 5.02 Å². The van der Waals surface area contributed by atoms with Gasteiger partial charge < -0.3 is 18.9 Å². The normalized spacial score (nSPS) is 10.4. The van der Waals surface area contributed by atoms with Crippen LogP contribution >= 0.6 is 11.6 Å². The fraction of sp³-hybridized carbons (Fsp3) is 0.333. The lowest BCUT2D eigenvalue weighted by Gasteiger charge is -2.14. The second-order valence-electron chi connectivity index (χ2n) is 3.54. The number of rotatable bonds is 4. The Bertz CT molecular complexity index is 618. The highest BCUT2D eigenvalue weighted by Gasteiger charge is 2.20. The largest absolute Gasteiger partial charge is 0.493 e. The van der Waals surface area contributed by atoms with Gasteiger partial charge in [-0.1, -0.05) is 11.6 Å². The highest BCUT2D eigenvalue weighted by Crippen LogP contribution is 2.43. The smallest absolute Gasteiger partial charge is 0.320 e. The molecule has 7 heteroatoms. The maximum absolute atomic E-state index is 6.19. The maximum atomic E-state index is 6.19. The number of hydrogen-bond donors (Lipinski definition) is 0. The summed E-state index contributed by atoms with van der Waals surface area (Å²) in [6.45, 7) is 0. The minimum Gasteiger partial charge on any atom is -0.493 e. The Hall–Kier alpha value is -1.95. The zero-order chi connectivity index (χ0) is 14.0. The van der Waals surface area contributed by atoms with Crippen molar-refractivity contribution in [1.82, 2.24) is 9.97 Å². The Morgan fingerprint density at radius 3 is 2.21 bits per heavy atom. The number of fused-ring (bicyclic) bond motifs is 1. The summed E-state index contributed by atoms with van der Waals surface area (Å²) in [5.41, 5.74) is 0.475. The van der Waals surface area contributed by atoms with Gasteiger partial charge in [0.05, 0.1) is 33.5 Å². The van der Waals surface area contributed by atoms with Crippen molar-refractivity contribution in [3.05, 3.63) is 11.1 Å². The van der Waals surface area contributed by atoms with Gasteiger partial charge >= 0.3 is 6.01 Å². The number of aromatic nitrogens is 2. The van der Waals surface area contributed by atoms with Gasteiger partial charge in [-0.25, -0.2) is 0 Å². The van der Waals surface area contributed by atoms with Crippen LogP contribution in [0.1, 0.15) is 0 Å².